The lowest BCUT2D eigenvalue weighted by molar-refractivity contribution is -0.113. The van der Waals surface area contributed by atoms with Crippen molar-refractivity contribution in [3.8, 4) is 22.8 Å². The fraction of sp³-hybridized carbons (Fsp3) is 0.115. The summed E-state index contributed by atoms with van der Waals surface area (Å²) in [4.78, 5) is 30.2. The molecule has 184 valence electrons. The Morgan fingerprint density at radius 1 is 0.972 bits per heavy atom. The number of carbonyl (C=O) groups excluding carboxylic acids is 2. The molecule has 0 radical (unpaired) electrons. The standard InChI is InChI=1S/C26H22ClN3O4S2/c1-33-22-11-6-16(13-23(22)34-2)21-14-36-26(29-21)30-24(31)15-35-20-9-7-19(8-10-20)28-25(32)17-4-3-5-18(27)12-17/h3-14H,15H2,1-2H3,(H,28,32)(H,29,30,31). The summed E-state index contributed by atoms with van der Waals surface area (Å²) in [6, 6.07) is 19.6. The molecule has 1 aromatic heterocycles. The molecule has 0 saturated heterocycles. The molecule has 0 unspecified atom stereocenters. The number of rotatable bonds is 9. The lowest BCUT2D eigenvalue weighted by Crippen LogP contribution is -2.13. The summed E-state index contributed by atoms with van der Waals surface area (Å²) in [5.41, 5.74) is 2.73. The maximum atomic E-state index is 12.4. The van der Waals surface area contributed by atoms with E-state index >= 15 is 0 Å². The van der Waals surface area contributed by atoms with Gasteiger partial charge in [-0.25, -0.2) is 4.98 Å². The second kappa shape index (κ2) is 11.9. The quantitative estimate of drug-likeness (QED) is 0.237. The summed E-state index contributed by atoms with van der Waals surface area (Å²) < 4.78 is 10.6. The number of nitrogens with zero attached hydrogens (tertiary/aromatic N) is 1. The Morgan fingerprint density at radius 3 is 2.47 bits per heavy atom. The largest absolute Gasteiger partial charge is 0.493 e. The van der Waals surface area contributed by atoms with Gasteiger partial charge in [-0.3, -0.25) is 9.59 Å². The van der Waals surface area contributed by atoms with Crippen LogP contribution < -0.4 is 20.1 Å². The SMILES string of the molecule is COc1ccc(-c2csc(NC(=O)CSc3ccc(NC(=O)c4cccc(Cl)c4)cc3)n2)cc1OC. The van der Waals surface area contributed by atoms with Gasteiger partial charge in [0.1, 0.15) is 0 Å². The Hall–Kier alpha value is -3.53. The van der Waals surface area contributed by atoms with E-state index in [1.54, 1.807) is 50.6 Å². The Kier molecular flexibility index (Phi) is 8.48. The van der Waals surface area contributed by atoms with Crippen LogP contribution in [0.3, 0.4) is 0 Å². The molecule has 36 heavy (non-hydrogen) atoms. The van der Waals surface area contributed by atoms with Crippen LogP contribution in [0.25, 0.3) is 11.3 Å². The van der Waals surface area contributed by atoms with Gasteiger partial charge in [-0.2, -0.15) is 0 Å². The first-order chi connectivity index (χ1) is 17.4. The maximum absolute atomic E-state index is 12.4. The maximum Gasteiger partial charge on any atom is 0.255 e. The van der Waals surface area contributed by atoms with E-state index in [-0.39, 0.29) is 17.6 Å². The molecular weight excluding hydrogens is 518 g/mol. The van der Waals surface area contributed by atoms with Crippen molar-refractivity contribution >= 4 is 57.3 Å². The van der Waals surface area contributed by atoms with Gasteiger partial charge in [-0.1, -0.05) is 17.7 Å². The van der Waals surface area contributed by atoms with Crippen LogP contribution >= 0.6 is 34.7 Å². The molecule has 1 heterocycles. The van der Waals surface area contributed by atoms with Crippen molar-refractivity contribution in [3.05, 3.63) is 82.7 Å². The van der Waals surface area contributed by atoms with E-state index in [1.165, 1.54) is 23.1 Å². The van der Waals surface area contributed by atoms with Gasteiger partial charge in [0.05, 0.1) is 25.7 Å². The predicted molar refractivity (Wildman–Crippen MR) is 146 cm³/mol. The number of thioether (sulfide) groups is 1. The molecule has 0 bridgehead atoms. The van der Waals surface area contributed by atoms with Crippen LogP contribution in [0.1, 0.15) is 10.4 Å². The number of hydrogen-bond donors (Lipinski definition) is 2. The summed E-state index contributed by atoms with van der Waals surface area (Å²) >= 11 is 8.69. The van der Waals surface area contributed by atoms with Crippen LogP contribution in [0.4, 0.5) is 10.8 Å². The van der Waals surface area contributed by atoms with E-state index in [9.17, 15) is 9.59 Å². The van der Waals surface area contributed by atoms with Gasteiger partial charge in [0.25, 0.3) is 5.91 Å². The normalized spacial score (nSPS) is 10.5. The molecule has 0 aliphatic carbocycles. The molecule has 0 fully saturated rings. The van der Waals surface area contributed by atoms with Crippen molar-refractivity contribution in [1.82, 2.24) is 4.98 Å². The van der Waals surface area contributed by atoms with Crippen LogP contribution in [-0.2, 0) is 4.79 Å². The molecule has 3 aromatic carbocycles. The summed E-state index contributed by atoms with van der Waals surface area (Å²) in [5, 5.41) is 8.57. The molecule has 4 rings (SSSR count). The number of thiazole rings is 1. The van der Waals surface area contributed by atoms with Crippen LogP contribution in [0.2, 0.25) is 5.02 Å². The van der Waals surface area contributed by atoms with E-state index in [4.69, 9.17) is 21.1 Å². The third-order valence-corrected chi connectivity index (χ3v) is 7.00. The Morgan fingerprint density at radius 2 is 1.75 bits per heavy atom. The van der Waals surface area contributed by atoms with E-state index < -0.39 is 0 Å². The van der Waals surface area contributed by atoms with Crippen molar-refractivity contribution in [2.75, 3.05) is 30.6 Å². The van der Waals surface area contributed by atoms with Crippen LogP contribution in [0.15, 0.2) is 77.0 Å². The number of halogens is 1. The summed E-state index contributed by atoms with van der Waals surface area (Å²) in [7, 11) is 3.16. The molecule has 0 spiro atoms. The Bertz CT molecular complexity index is 1380. The highest BCUT2D eigenvalue weighted by molar-refractivity contribution is 8.00. The zero-order chi connectivity index (χ0) is 25.5. The fourth-order valence-corrected chi connectivity index (χ4v) is 4.86. The highest BCUT2D eigenvalue weighted by Gasteiger charge is 2.12. The van der Waals surface area contributed by atoms with Crippen molar-refractivity contribution in [2.45, 2.75) is 4.90 Å². The first-order valence-corrected chi connectivity index (χ1v) is 13.0. The second-order valence-corrected chi connectivity index (χ2v) is 9.78. The Labute approximate surface area is 221 Å². The topological polar surface area (TPSA) is 89.6 Å². The van der Waals surface area contributed by atoms with Gasteiger partial charge in [0.15, 0.2) is 16.6 Å². The van der Waals surface area contributed by atoms with Crippen molar-refractivity contribution in [3.63, 3.8) is 0 Å². The fourth-order valence-electron chi connectivity index (χ4n) is 3.23. The first-order valence-electron chi connectivity index (χ1n) is 10.7. The van der Waals surface area contributed by atoms with Crippen LogP contribution in [0.5, 0.6) is 11.5 Å². The number of anilines is 2. The minimum absolute atomic E-state index is 0.161. The number of aromatic nitrogens is 1. The third-order valence-electron chi connectivity index (χ3n) is 5.00. The second-order valence-electron chi connectivity index (χ2n) is 7.43. The van der Waals surface area contributed by atoms with Crippen molar-refractivity contribution in [2.24, 2.45) is 0 Å². The summed E-state index contributed by atoms with van der Waals surface area (Å²) in [6.07, 6.45) is 0. The zero-order valence-corrected chi connectivity index (χ0v) is 21.8. The third kappa shape index (κ3) is 6.57. The number of amides is 2. The van der Waals surface area contributed by atoms with Gasteiger partial charge in [0.2, 0.25) is 5.91 Å². The number of ether oxygens (including phenoxy) is 2. The van der Waals surface area contributed by atoms with Crippen LogP contribution in [0, 0.1) is 0 Å². The smallest absolute Gasteiger partial charge is 0.255 e. The average molecular weight is 540 g/mol. The van der Waals surface area contributed by atoms with Gasteiger partial charge >= 0.3 is 0 Å². The zero-order valence-electron chi connectivity index (χ0n) is 19.4. The highest BCUT2D eigenvalue weighted by Crippen LogP contribution is 2.33. The van der Waals surface area contributed by atoms with Gasteiger partial charge < -0.3 is 20.1 Å². The molecule has 2 N–H and O–H groups in total. The molecular formula is C26H22ClN3O4S2. The lowest BCUT2D eigenvalue weighted by Gasteiger charge is -2.08. The molecule has 0 atom stereocenters. The van der Waals surface area contributed by atoms with E-state index in [1.807, 2.05) is 35.7 Å². The minimum atomic E-state index is -0.242. The summed E-state index contributed by atoms with van der Waals surface area (Å²) in [6.45, 7) is 0. The molecule has 2 amide bonds. The van der Waals surface area contributed by atoms with Crippen molar-refractivity contribution in [1.29, 1.82) is 0 Å². The van der Waals surface area contributed by atoms with Gasteiger partial charge in [0, 0.05) is 32.1 Å². The molecule has 7 nitrogen and oxygen atoms in total. The molecule has 0 saturated carbocycles. The summed E-state index contributed by atoms with van der Waals surface area (Å²) in [5.74, 6) is 1.07. The van der Waals surface area contributed by atoms with Gasteiger partial charge in [-0.15, -0.1) is 23.1 Å². The molecule has 4 aromatic rings. The number of nitrogens with one attached hydrogen (secondary N) is 2. The van der Waals surface area contributed by atoms with E-state index in [2.05, 4.69) is 15.6 Å². The van der Waals surface area contributed by atoms with Crippen LogP contribution in [-0.4, -0.2) is 36.8 Å². The Balaban J connectivity index is 1.29. The molecule has 0 aliphatic rings. The van der Waals surface area contributed by atoms with Crippen molar-refractivity contribution < 1.29 is 19.1 Å². The van der Waals surface area contributed by atoms with E-state index in [0.717, 1.165) is 16.2 Å². The molecule has 0 aliphatic heterocycles. The van der Waals surface area contributed by atoms with Gasteiger partial charge in [-0.05, 0) is 60.7 Å². The number of carbonyl (C=O) groups is 2. The monoisotopic (exact) mass is 539 g/mol. The number of benzene rings is 3. The lowest BCUT2D eigenvalue weighted by atomic mass is 10.1. The number of methoxy groups -OCH3 is 2. The average Bonchev–Trinajstić information content (AvgIpc) is 3.36. The number of hydrogen-bond acceptors (Lipinski definition) is 7. The molecule has 10 heteroatoms. The predicted octanol–water partition coefficient (Wildman–Crippen LogP) is 6.46. The van der Waals surface area contributed by atoms with E-state index in [0.29, 0.717) is 32.9 Å². The highest BCUT2D eigenvalue weighted by atomic mass is 35.5. The first kappa shape index (κ1) is 25.6. The minimum Gasteiger partial charge on any atom is -0.493 e.